The summed E-state index contributed by atoms with van der Waals surface area (Å²) in [6, 6.07) is 0.819. The molecule has 2 aromatic heterocycles. The van der Waals surface area contributed by atoms with Gasteiger partial charge in [0.25, 0.3) is 0 Å². The van der Waals surface area contributed by atoms with Gasteiger partial charge >= 0.3 is 0 Å². The lowest BCUT2D eigenvalue weighted by Crippen LogP contribution is -2.60. The van der Waals surface area contributed by atoms with Crippen molar-refractivity contribution < 1.29 is 0 Å². The summed E-state index contributed by atoms with van der Waals surface area (Å²) in [5, 5.41) is 7.30. The van der Waals surface area contributed by atoms with E-state index >= 15 is 0 Å². The van der Waals surface area contributed by atoms with Crippen molar-refractivity contribution in [1.82, 2.24) is 30.0 Å². The van der Waals surface area contributed by atoms with E-state index in [4.69, 9.17) is 5.73 Å². The van der Waals surface area contributed by atoms with Crippen LogP contribution in [0.2, 0.25) is 0 Å². The number of piperidine rings is 1. The molecule has 1 aliphatic carbocycles. The Labute approximate surface area is 165 Å². The fraction of sp³-hybridized carbons (Fsp3) is 0.476. The van der Waals surface area contributed by atoms with Crippen molar-refractivity contribution in [2.24, 2.45) is 5.73 Å². The second kappa shape index (κ2) is 7.58. The lowest BCUT2D eigenvalue weighted by atomic mass is 9.84. The number of hydrogen-bond donors (Lipinski definition) is 2. The van der Waals surface area contributed by atoms with Crippen molar-refractivity contribution >= 4 is 0 Å². The Hall–Kier alpha value is -2.35. The second-order valence-electron chi connectivity index (χ2n) is 8.11. The van der Waals surface area contributed by atoms with E-state index in [1.54, 1.807) is 12.4 Å². The zero-order chi connectivity index (χ0) is 18.9. The Balaban J connectivity index is 1.38. The summed E-state index contributed by atoms with van der Waals surface area (Å²) in [7, 11) is 0. The average Bonchev–Trinajstić information content (AvgIpc) is 3.31. The maximum Gasteiger partial charge on any atom is 0.0727 e. The van der Waals surface area contributed by atoms with Gasteiger partial charge in [-0.15, -0.1) is 0 Å². The minimum atomic E-state index is 0.116. The summed E-state index contributed by atoms with van der Waals surface area (Å²) < 4.78 is 0. The summed E-state index contributed by atoms with van der Waals surface area (Å²) in [6.07, 6.45) is 17.2. The number of rotatable bonds is 4. The van der Waals surface area contributed by atoms with Crippen molar-refractivity contribution in [2.75, 3.05) is 6.54 Å². The topological polar surface area (TPSA) is 87.0 Å². The van der Waals surface area contributed by atoms with Crippen LogP contribution < -0.4 is 5.73 Å². The van der Waals surface area contributed by atoms with Crippen molar-refractivity contribution in [2.45, 2.75) is 57.0 Å². The molecule has 0 amide bonds. The number of hydrogen-bond acceptors (Lipinski definition) is 6. The Bertz CT molecular complexity index is 851. The number of nitrogens with zero attached hydrogens (tertiary/aromatic N) is 5. The number of fused-ring (bicyclic) bond motifs is 1. The molecule has 7 nitrogen and oxygen atoms in total. The van der Waals surface area contributed by atoms with Crippen LogP contribution in [0.5, 0.6) is 0 Å². The van der Waals surface area contributed by atoms with Crippen molar-refractivity contribution in [1.29, 1.82) is 0 Å². The van der Waals surface area contributed by atoms with Gasteiger partial charge in [0.05, 0.1) is 17.6 Å². The summed E-state index contributed by atoms with van der Waals surface area (Å²) in [6.45, 7) is 3.66. The van der Waals surface area contributed by atoms with Gasteiger partial charge in [-0.05, 0) is 19.3 Å². The van der Waals surface area contributed by atoms with Gasteiger partial charge in [-0.3, -0.25) is 24.9 Å². The summed E-state index contributed by atoms with van der Waals surface area (Å²) in [5.41, 5.74) is 11.8. The maximum atomic E-state index is 6.80. The van der Waals surface area contributed by atoms with Gasteiger partial charge in [-0.2, -0.15) is 5.10 Å². The molecule has 0 aromatic carbocycles. The molecule has 0 spiro atoms. The van der Waals surface area contributed by atoms with Gasteiger partial charge in [0, 0.05) is 68.5 Å². The van der Waals surface area contributed by atoms with Crippen LogP contribution in [0.1, 0.15) is 36.2 Å². The van der Waals surface area contributed by atoms with Gasteiger partial charge < -0.3 is 5.73 Å². The van der Waals surface area contributed by atoms with Gasteiger partial charge in [0.2, 0.25) is 0 Å². The first-order chi connectivity index (χ1) is 13.8. The fourth-order valence-corrected chi connectivity index (χ4v) is 4.94. The zero-order valence-corrected chi connectivity index (χ0v) is 16.0. The molecule has 4 heterocycles. The molecule has 1 saturated heterocycles. The van der Waals surface area contributed by atoms with Crippen molar-refractivity contribution in [3.05, 3.63) is 65.5 Å². The lowest BCUT2D eigenvalue weighted by Gasteiger charge is -2.47. The third-order valence-corrected chi connectivity index (χ3v) is 6.25. The number of nitrogens with one attached hydrogen (secondary N) is 1. The highest BCUT2D eigenvalue weighted by Gasteiger charge is 2.40. The Kier molecular flexibility index (Phi) is 4.80. The van der Waals surface area contributed by atoms with Gasteiger partial charge in [0.15, 0.2) is 0 Å². The second-order valence-corrected chi connectivity index (χ2v) is 8.11. The average molecular weight is 377 g/mol. The predicted octanol–water partition coefficient (Wildman–Crippen LogP) is 1.76. The maximum absolute atomic E-state index is 6.80. The molecular weight excluding hydrogens is 350 g/mol. The molecule has 3 N–H and O–H groups in total. The van der Waals surface area contributed by atoms with Gasteiger partial charge in [-0.1, -0.05) is 23.8 Å². The Morgan fingerprint density at radius 1 is 1.21 bits per heavy atom. The summed E-state index contributed by atoms with van der Waals surface area (Å²) in [4.78, 5) is 13.8. The Morgan fingerprint density at radius 2 is 2.18 bits per heavy atom. The van der Waals surface area contributed by atoms with Crippen LogP contribution in [-0.4, -0.2) is 54.6 Å². The SMILES string of the molecule is NC1CC(N2Cc3cn[nH]c3C2)CN(Cc2cnccn2)C1C1=CC=CCC1. The number of aromatic nitrogens is 4. The Morgan fingerprint density at radius 3 is 2.96 bits per heavy atom. The monoisotopic (exact) mass is 377 g/mol. The van der Waals surface area contributed by atoms with E-state index in [1.807, 2.05) is 12.4 Å². The lowest BCUT2D eigenvalue weighted by molar-refractivity contribution is 0.0495. The first-order valence-electron chi connectivity index (χ1n) is 10.1. The van der Waals surface area contributed by atoms with Crippen LogP contribution in [0.15, 0.2) is 48.6 Å². The first kappa shape index (κ1) is 17.7. The molecule has 1 fully saturated rings. The van der Waals surface area contributed by atoms with E-state index < -0.39 is 0 Å². The van der Waals surface area contributed by atoms with Crippen molar-refractivity contribution in [3.63, 3.8) is 0 Å². The largest absolute Gasteiger partial charge is 0.326 e. The fourth-order valence-electron chi connectivity index (χ4n) is 4.94. The molecule has 3 unspecified atom stereocenters. The quantitative estimate of drug-likeness (QED) is 0.844. The molecule has 0 bridgehead atoms. The minimum Gasteiger partial charge on any atom is -0.326 e. The number of H-pyrrole nitrogens is 1. The highest BCUT2D eigenvalue weighted by atomic mass is 15.3. The van der Waals surface area contributed by atoms with E-state index in [9.17, 15) is 0 Å². The van der Waals surface area contributed by atoms with Gasteiger partial charge in [-0.25, -0.2) is 0 Å². The van der Waals surface area contributed by atoms with E-state index in [0.29, 0.717) is 6.04 Å². The molecule has 7 heteroatoms. The van der Waals surface area contributed by atoms with Gasteiger partial charge in [0.1, 0.15) is 0 Å². The highest BCUT2D eigenvalue weighted by Crippen LogP contribution is 2.33. The molecular formula is C21H27N7. The molecule has 0 saturated carbocycles. The number of aromatic amines is 1. The number of likely N-dealkylation sites (tertiary alicyclic amines) is 1. The predicted molar refractivity (Wildman–Crippen MR) is 107 cm³/mol. The zero-order valence-electron chi connectivity index (χ0n) is 16.0. The van der Waals surface area contributed by atoms with E-state index in [2.05, 4.69) is 48.2 Å². The standard InChI is InChI=1S/C21H27N7/c22-19-8-18(27-11-16-9-25-26-20(16)14-27)13-28(12-17-10-23-6-7-24-17)21(19)15-4-2-1-3-5-15/h1-2,4,6-7,9-10,18-19,21H,3,5,8,11-14,22H2,(H,25,26). The molecule has 3 aliphatic rings. The molecule has 2 aliphatic heterocycles. The molecule has 146 valence electrons. The van der Waals surface area contributed by atoms with Crippen LogP contribution in [0.3, 0.4) is 0 Å². The summed E-state index contributed by atoms with van der Waals surface area (Å²) in [5.74, 6) is 0. The molecule has 2 aromatic rings. The molecule has 0 radical (unpaired) electrons. The van der Waals surface area contributed by atoms with Crippen LogP contribution >= 0.6 is 0 Å². The van der Waals surface area contributed by atoms with Crippen LogP contribution in [0, 0.1) is 0 Å². The van der Waals surface area contributed by atoms with E-state index in [-0.39, 0.29) is 12.1 Å². The van der Waals surface area contributed by atoms with Crippen LogP contribution in [0.25, 0.3) is 0 Å². The third kappa shape index (κ3) is 3.41. The van der Waals surface area contributed by atoms with E-state index in [0.717, 1.165) is 51.1 Å². The van der Waals surface area contributed by atoms with Crippen LogP contribution in [-0.2, 0) is 19.6 Å². The smallest absolute Gasteiger partial charge is 0.0727 e. The third-order valence-electron chi connectivity index (χ3n) is 6.25. The molecule has 5 rings (SSSR count). The summed E-state index contributed by atoms with van der Waals surface area (Å²) >= 11 is 0. The normalized spacial score (nSPS) is 28.3. The van der Waals surface area contributed by atoms with Crippen LogP contribution in [0.4, 0.5) is 0 Å². The number of nitrogens with two attached hydrogens (primary N) is 1. The molecule has 3 atom stereocenters. The number of allylic oxidation sites excluding steroid dienone is 3. The van der Waals surface area contributed by atoms with Crippen molar-refractivity contribution in [3.8, 4) is 0 Å². The first-order valence-corrected chi connectivity index (χ1v) is 10.1. The van der Waals surface area contributed by atoms with E-state index in [1.165, 1.54) is 16.8 Å². The minimum absolute atomic E-state index is 0.116. The molecule has 28 heavy (non-hydrogen) atoms. The highest BCUT2D eigenvalue weighted by molar-refractivity contribution is 5.26.